The number of piperidine rings is 2. The molecule has 8 atom stereocenters. The number of nitrogens with one attached hydrogen (secondary N) is 4. The van der Waals surface area contributed by atoms with Crippen LogP contribution >= 0.6 is 0 Å². The molecule has 14 heteroatoms. The van der Waals surface area contributed by atoms with E-state index in [0.29, 0.717) is 34.6 Å². The van der Waals surface area contributed by atoms with E-state index in [9.17, 15) is 29.4 Å². The normalized spacial score (nSPS) is 23.3. The van der Waals surface area contributed by atoms with Gasteiger partial charge in [0.25, 0.3) is 11.8 Å². The molecule has 2 aliphatic carbocycles. The molecule has 60 heavy (non-hydrogen) atoms. The molecule has 0 radical (unpaired) electrons. The molecular formula is C46H42N8O6. The fraction of sp³-hybridized carbons (Fsp3) is 0.261. The zero-order chi connectivity index (χ0) is 41.1. The van der Waals surface area contributed by atoms with Gasteiger partial charge >= 0.3 is 12.2 Å². The van der Waals surface area contributed by atoms with Crippen LogP contribution in [0.3, 0.4) is 0 Å². The van der Waals surface area contributed by atoms with Gasteiger partial charge < -0.3 is 40.6 Å². The Hall–Kier alpha value is -7.22. The number of hydrogen-bond donors (Lipinski definition) is 6. The van der Waals surface area contributed by atoms with Crippen molar-refractivity contribution in [2.75, 3.05) is 0 Å². The van der Waals surface area contributed by atoms with Crippen molar-refractivity contribution in [1.82, 2.24) is 40.4 Å². The molecule has 6 aromatic rings. The number of H-pyrrole nitrogens is 2. The molecular weight excluding hydrogens is 761 g/mol. The van der Waals surface area contributed by atoms with Gasteiger partial charge in [0.05, 0.1) is 35.9 Å². The molecule has 2 unspecified atom stereocenters. The van der Waals surface area contributed by atoms with Crippen LogP contribution in [0.25, 0.3) is 33.6 Å². The first-order chi connectivity index (χ1) is 29.2. The third-order valence-corrected chi connectivity index (χ3v) is 12.6. The lowest BCUT2D eigenvalue weighted by molar-refractivity contribution is -0.136. The lowest BCUT2D eigenvalue weighted by Gasteiger charge is -2.30. The van der Waals surface area contributed by atoms with E-state index in [1.165, 1.54) is 0 Å². The van der Waals surface area contributed by atoms with Crippen LogP contribution in [0.2, 0.25) is 0 Å². The number of aromatic amines is 2. The van der Waals surface area contributed by atoms with Gasteiger partial charge in [0, 0.05) is 12.1 Å². The summed E-state index contributed by atoms with van der Waals surface area (Å²) in [5.74, 6) is 1.57. The summed E-state index contributed by atoms with van der Waals surface area (Å²) in [6.07, 6.45) is 4.42. The smallest absolute Gasteiger partial charge is 0.405 e. The third kappa shape index (κ3) is 6.93. The summed E-state index contributed by atoms with van der Waals surface area (Å²) in [6, 6.07) is 31.8. The number of amides is 4. The summed E-state index contributed by atoms with van der Waals surface area (Å²) >= 11 is 0. The molecule has 6 N–H and O–H groups in total. The second-order valence-electron chi connectivity index (χ2n) is 16.2. The average Bonchev–Trinajstić information content (AvgIpc) is 3.85. The topological polar surface area (TPSA) is 197 Å². The highest BCUT2D eigenvalue weighted by Crippen LogP contribution is 2.55. The highest BCUT2D eigenvalue weighted by Gasteiger charge is 2.57. The number of benzene rings is 4. The van der Waals surface area contributed by atoms with Crippen molar-refractivity contribution in [1.29, 1.82) is 0 Å². The van der Waals surface area contributed by atoms with E-state index in [1.54, 1.807) is 60.9 Å². The molecule has 2 saturated carbocycles. The highest BCUT2D eigenvalue weighted by molar-refractivity contribution is 5.89. The van der Waals surface area contributed by atoms with Crippen LogP contribution in [0.15, 0.2) is 122 Å². The Bertz CT molecular complexity index is 2400. The monoisotopic (exact) mass is 802 g/mol. The van der Waals surface area contributed by atoms with Gasteiger partial charge in [-0.2, -0.15) is 0 Å². The SMILES string of the molecule is O=C(O)N[C@H](C(=O)N1C2C[C@H]2C[C@H]1c1ncc(-c2ccc(-c3ccc(-c4cnc([C@@H]5C[C@@H]6CC6N5C(=O)[C@@H](NC(=O)O)c5ccccc5)[nH]4)cc3)cc2)[nH]1)c1ccccc1. The van der Waals surface area contributed by atoms with Crippen LogP contribution in [0, 0.1) is 11.8 Å². The molecule has 302 valence electrons. The maximum atomic E-state index is 14.0. The maximum absolute atomic E-state index is 14.0. The predicted octanol–water partition coefficient (Wildman–Crippen LogP) is 7.48. The van der Waals surface area contributed by atoms with Crippen molar-refractivity contribution in [2.24, 2.45) is 11.8 Å². The van der Waals surface area contributed by atoms with Crippen LogP contribution in [0.5, 0.6) is 0 Å². The lowest BCUT2D eigenvalue weighted by atomic mass is 10.0. The summed E-state index contributed by atoms with van der Waals surface area (Å²) in [5.41, 5.74) is 6.80. The first-order valence-corrected chi connectivity index (χ1v) is 20.2. The first-order valence-electron chi connectivity index (χ1n) is 20.2. The van der Waals surface area contributed by atoms with Crippen molar-refractivity contribution < 1.29 is 29.4 Å². The number of carbonyl (C=O) groups is 4. The maximum Gasteiger partial charge on any atom is 0.405 e. The Morgan fingerprint density at radius 1 is 0.533 bits per heavy atom. The lowest BCUT2D eigenvalue weighted by Crippen LogP contribution is -2.44. The third-order valence-electron chi connectivity index (χ3n) is 12.6. The summed E-state index contributed by atoms with van der Waals surface area (Å²) < 4.78 is 0. The number of rotatable bonds is 11. The molecule has 4 aromatic carbocycles. The van der Waals surface area contributed by atoms with Gasteiger partial charge in [0.1, 0.15) is 23.7 Å². The molecule has 4 aliphatic rings. The number of nitrogens with zero attached hydrogens (tertiary/aromatic N) is 4. The van der Waals surface area contributed by atoms with E-state index < -0.39 is 24.3 Å². The number of hydrogen-bond acceptors (Lipinski definition) is 6. The molecule has 4 heterocycles. The minimum atomic E-state index is -1.25. The summed E-state index contributed by atoms with van der Waals surface area (Å²) in [4.78, 5) is 71.4. The Morgan fingerprint density at radius 2 is 0.900 bits per heavy atom. The van der Waals surface area contributed by atoms with Crippen LogP contribution in [-0.4, -0.2) is 76.0 Å². The largest absolute Gasteiger partial charge is 0.465 e. The Kier molecular flexibility index (Phi) is 9.18. The van der Waals surface area contributed by atoms with Gasteiger partial charge in [-0.1, -0.05) is 109 Å². The second kappa shape index (κ2) is 14.9. The molecule has 10 rings (SSSR count). The van der Waals surface area contributed by atoms with Gasteiger partial charge in [-0.3, -0.25) is 9.59 Å². The van der Waals surface area contributed by atoms with E-state index in [2.05, 4.69) is 44.9 Å². The zero-order valence-electron chi connectivity index (χ0n) is 32.3. The van der Waals surface area contributed by atoms with Crippen molar-refractivity contribution in [3.05, 3.63) is 144 Å². The Labute approximate surface area is 344 Å². The van der Waals surface area contributed by atoms with E-state index in [-0.39, 0.29) is 36.0 Å². The Balaban J connectivity index is 0.818. The van der Waals surface area contributed by atoms with Crippen molar-refractivity contribution in [2.45, 2.75) is 61.9 Å². The van der Waals surface area contributed by atoms with Crippen LogP contribution in [0.4, 0.5) is 9.59 Å². The number of fused-ring (bicyclic) bond motifs is 2. The molecule has 4 amide bonds. The molecule has 2 aliphatic heterocycles. The molecule has 0 bridgehead atoms. The fourth-order valence-corrected chi connectivity index (χ4v) is 9.44. The average molecular weight is 803 g/mol. The first kappa shape index (κ1) is 37.1. The van der Waals surface area contributed by atoms with E-state index in [1.807, 2.05) is 46.2 Å². The predicted molar refractivity (Wildman–Crippen MR) is 220 cm³/mol. The van der Waals surface area contributed by atoms with Crippen LogP contribution in [0.1, 0.15) is 72.6 Å². The summed E-state index contributed by atoms with van der Waals surface area (Å²) in [7, 11) is 0. The molecule has 2 aromatic heterocycles. The minimum Gasteiger partial charge on any atom is -0.465 e. The molecule has 14 nitrogen and oxygen atoms in total. The van der Waals surface area contributed by atoms with Crippen molar-refractivity contribution in [3.63, 3.8) is 0 Å². The summed E-state index contributed by atoms with van der Waals surface area (Å²) in [6.45, 7) is 0. The number of carboxylic acid groups (broad SMARTS) is 2. The minimum absolute atomic E-state index is 0.0700. The van der Waals surface area contributed by atoms with Crippen LogP contribution in [-0.2, 0) is 9.59 Å². The van der Waals surface area contributed by atoms with Gasteiger partial charge in [-0.05, 0) is 70.9 Å². The van der Waals surface area contributed by atoms with Gasteiger partial charge in [0.2, 0.25) is 0 Å². The quantitative estimate of drug-likeness (QED) is 0.0776. The zero-order valence-corrected chi connectivity index (χ0v) is 32.3. The number of aromatic nitrogens is 4. The molecule has 2 saturated heterocycles. The fourth-order valence-electron chi connectivity index (χ4n) is 9.44. The second-order valence-corrected chi connectivity index (χ2v) is 16.2. The van der Waals surface area contributed by atoms with Gasteiger partial charge in [-0.15, -0.1) is 0 Å². The van der Waals surface area contributed by atoms with Crippen molar-refractivity contribution >= 4 is 24.0 Å². The number of likely N-dealkylation sites (tertiary alicyclic amines) is 2. The highest BCUT2D eigenvalue weighted by atomic mass is 16.4. The molecule has 4 fully saturated rings. The van der Waals surface area contributed by atoms with E-state index >= 15 is 0 Å². The van der Waals surface area contributed by atoms with Gasteiger partial charge in [-0.25, -0.2) is 19.6 Å². The van der Waals surface area contributed by atoms with E-state index in [0.717, 1.165) is 59.3 Å². The summed E-state index contributed by atoms with van der Waals surface area (Å²) in [5, 5.41) is 24.0. The van der Waals surface area contributed by atoms with Gasteiger partial charge in [0.15, 0.2) is 0 Å². The van der Waals surface area contributed by atoms with Crippen LogP contribution < -0.4 is 10.6 Å². The number of carbonyl (C=O) groups excluding carboxylic acids is 2. The number of imidazole rings is 2. The van der Waals surface area contributed by atoms with E-state index in [4.69, 9.17) is 9.97 Å². The standard InChI is InChI=1S/C46H42N8O6/c55-43(39(51-45(57)58)29-7-3-1-4-8-29)53-35-19-31(35)21-37(53)41-47-23-33(49-41)27-15-11-25(12-16-27)26-13-17-28(18-14-26)34-24-48-42(50-34)38-22-32-20-36(32)54(38)44(56)40(52-46(59)60)30-9-5-2-6-10-30/h1-18,23-24,31-32,35-40,51-52H,19-22H2,(H,47,49)(H,48,50)(H,57,58)(H,59,60)/t31-,32-,35?,36?,37-,38-,39-,40-/m0/s1. The Morgan fingerprint density at radius 3 is 1.27 bits per heavy atom. The molecule has 0 spiro atoms. The van der Waals surface area contributed by atoms with Crippen molar-refractivity contribution in [3.8, 4) is 33.6 Å².